The highest BCUT2D eigenvalue weighted by atomic mass is 32.1. The van der Waals surface area contributed by atoms with Gasteiger partial charge in [-0.05, 0) is 25.7 Å². The van der Waals surface area contributed by atoms with Crippen LogP contribution >= 0.6 is 12.2 Å². The van der Waals surface area contributed by atoms with Crippen LogP contribution in [-0.4, -0.2) is 65.6 Å². The van der Waals surface area contributed by atoms with E-state index in [0.717, 1.165) is 52.0 Å². The molecule has 120 valence electrons. The molecule has 0 aromatic heterocycles. The molecule has 2 unspecified atom stereocenters. The Balaban J connectivity index is 1.77. The number of amides is 1. The van der Waals surface area contributed by atoms with Crippen LogP contribution in [0, 0.1) is 0 Å². The summed E-state index contributed by atoms with van der Waals surface area (Å²) < 4.78 is 5.66. The van der Waals surface area contributed by atoms with Gasteiger partial charge in [-0.2, -0.15) is 0 Å². The molecule has 2 aliphatic rings. The zero-order chi connectivity index (χ0) is 15.2. The Morgan fingerprint density at radius 1 is 1.33 bits per heavy atom. The van der Waals surface area contributed by atoms with Gasteiger partial charge in [0.2, 0.25) is 5.91 Å². The molecular formula is C15H27N3O2S. The first-order valence-electron chi connectivity index (χ1n) is 8.04. The van der Waals surface area contributed by atoms with Crippen molar-refractivity contribution in [1.29, 1.82) is 0 Å². The molecule has 2 aliphatic heterocycles. The van der Waals surface area contributed by atoms with Gasteiger partial charge in [-0.25, -0.2) is 0 Å². The molecule has 2 saturated heterocycles. The number of piperazine rings is 1. The summed E-state index contributed by atoms with van der Waals surface area (Å²) in [4.78, 5) is 17.1. The lowest BCUT2D eigenvalue weighted by atomic mass is 10.1. The second-order valence-corrected chi connectivity index (χ2v) is 6.41. The molecule has 0 saturated carbocycles. The van der Waals surface area contributed by atoms with Gasteiger partial charge in [0, 0.05) is 32.8 Å². The van der Waals surface area contributed by atoms with E-state index in [1.54, 1.807) is 0 Å². The van der Waals surface area contributed by atoms with E-state index in [4.69, 9.17) is 22.7 Å². The van der Waals surface area contributed by atoms with Gasteiger partial charge in [0.05, 0.1) is 23.6 Å². The molecule has 2 atom stereocenters. The number of ether oxygens (including phenoxy) is 1. The quantitative estimate of drug-likeness (QED) is 0.772. The van der Waals surface area contributed by atoms with Crippen molar-refractivity contribution in [3.63, 3.8) is 0 Å². The van der Waals surface area contributed by atoms with Crippen molar-refractivity contribution in [3.05, 3.63) is 0 Å². The van der Waals surface area contributed by atoms with Crippen molar-refractivity contribution in [1.82, 2.24) is 9.80 Å². The summed E-state index contributed by atoms with van der Waals surface area (Å²) in [5.41, 5.74) is 5.79. The molecule has 2 heterocycles. The Hall–Kier alpha value is -0.720. The normalized spacial score (nSPS) is 25.6. The molecule has 0 aromatic rings. The third kappa shape index (κ3) is 4.63. The fourth-order valence-electron chi connectivity index (χ4n) is 3.21. The number of thiocarbonyl (C=S) groups is 1. The monoisotopic (exact) mass is 313 g/mol. The van der Waals surface area contributed by atoms with Crippen molar-refractivity contribution >= 4 is 23.1 Å². The molecular weight excluding hydrogens is 286 g/mol. The van der Waals surface area contributed by atoms with E-state index in [2.05, 4.69) is 11.8 Å². The van der Waals surface area contributed by atoms with Crippen LogP contribution in [0.1, 0.15) is 39.0 Å². The van der Waals surface area contributed by atoms with E-state index in [0.29, 0.717) is 11.4 Å². The fraction of sp³-hybridized carbons (Fsp3) is 0.867. The van der Waals surface area contributed by atoms with Gasteiger partial charge in [0.1, 0.15) is 0 Å². The fourth-order valence-corrected chi connectivity index (χ4v) is 3.53. The molecule has 0 aliphatic carbocycles. The van der Waals surface area contributed by atoms with E-state index in [9.17, 15) is 4.79 Å². The van der Waals surface area contributed by atoms with Crippen molar-refractivity contribution in [2.45, 2.75) is 51.2 Å². The molecule has 2 rings (SSSR count). The van der Waals surface area contributed by atoms with E-state index >= 15 is 0 Å². The van der Waals surface area contributed by atoms with Gasteiger partial charge in [0.15, 0.2) is 0 Å². The zero-order valence-corrected chi connectivity index (χ0v) is 13.7. The predicted molar refractivity (Wildman–Crippen MR) is 87.2 cm³/mol. The van der Waals surface area contributed by atoms with Crippen LogP contribution < -0.4 is 5.73 Å². The Bertz CT molecular complexity index is 364. The van der Waals surface area contributed by atoms with Crippen LogP contribution in [0.4, 0.5) is 0 Å². The lowest BCUT2D eigenvalue weighted by molar-refractivity contribution is -0.137. The summed E-state index contributed by atoms with van der Waals surface area (Å²) in [5.74, 6) is 0.227. The molecule has 0 spiro atoms. The lowest BCUT2D eigenvalue weighted by Crippen LogP contribution is -2.55. The van der Waals surface area contributed by atoms with E-state index in [1.165, 1.54) is 6.42 Å². The summed E-state index contributed by atoms with van der Waals surface area (Å²) in [6.07, 6.45) is 4.92. The number of nitrogens with zero attached hydrogens (tertiary/aromatic N) is 2. The second-order valence-electron chi connectivity index (χ2n) is 5.94. The van der Waals surface area contributed by atoms with Gasteiger partial charge in [-0.3, -0.25) is 9.69 Å². The van der Waals surface area contributed by atoms with Crippen LogP contribution in [0.25, 0.3) is 0 Å². The highest BCUT2D eigenvalue weighted by Gasteiger charge is 2.28. The Labute approximate surface area is 132 Å². The number of rotatable bonds is 5. The minimum Gasteiger partial charge on any atom is -0.392 e. The lowest BCUT2D eigenvalue weighted by Gasteiger charge is -2.39. The van der Waals surface area contributed by atoms with Crippen LogP contribution in [0.15, 0.2) is 0 Å². The molecule has 0 radical (unpaired) electrons. The van der Waals surface area contributed by atoms with Crippen LogP contribution in [-0.2, 0) is 9.53 Å². The summed E-state index contributed by atoms with van der Waals surface area (Å²) in [7, 11) is 0. The first-order chi connectivity index (χ1) is 10.1. The van der Waals surface area contributed by atoms with Crippen LogP contribution in [0.2, 0.25) is 0 Å². The van der Waals surface area contributed by atoms with Crippen molar-refractivity contribution in [2.75, 3.05) is 32.8 Å². The molecule has 5 nitrogen and oxygen atoms in total. The van der Waals surface area contributed by atoms with E-state index in [1.807, 2.05) is 4.90 Å². The van der Waals surface area contributed by atoms with Gasteiger partial charge in [-0.15, -0.1) is 0 Å². The van der Waals surface area contributed by atoms with Gasteiger partial charge < -0.3 is 15.4 Å². The molecule has 2 fully saturated rings. The van der Waals surface area contributed by atoms with Crippen LogP contribution in [0.3, 0.4) is 0 Å². The number of nitrogens with two attached hydrogens (primary N) is 1. The molecule has 6 heteroatoms. The van der Waals surface area contributed by atoms with Gasteiger partial charge >= 0.3 is 0 Å². The number of carbonyl (C=O) groups is 1. The average Bonchev–Trinajstić information content (AvgIpc) is 2.49. The van der Waals surface area contributed by atoms with Crippen molar-refractivity contribution < 1.29 is 9.53 Å². The Morgan fingerprint density at radius 3 is 2.57 bits per heavy atom. The molecule has 0 aromatic carbocycles. The highest BCUT2D eigenvalue weighted by molar-refractivity contribution is 7.80. The standard InChI is InChI=1S/C15H27N3O2S/c1-2-13(15(16)21)17-6-8-18(9-7-17)14(19)11-12-5-3-4-10-20-12/h12-13H,2-11H2,1H3,(H2,16,21). The second kappa shape index (κ2) is 8.06. The summed E-state index contributed by atoms with van der Waals surface area (Å²) in [6, 6.07) is 0.166. The molecule has 1 amide bonds. The third-order valence-corrected chi connectivity index (χ3v) is 4.77. The maximum Gasteiger partial charge on any atom is 0.225 e. The zero-order valence-electron chi connectivity index (χ0n) is 12.9. The highest BCUT2D eigenvalue weighted by Crippen LogP contribution is 2.18. The molecule has 2 N–H and O–H groups in total. The number of carbonyl (C=O) groups excluding carboxylic acids is 1. The molecule has 21 heavy (non-hydrogen) atoms. The largest absolute Gasteiger partial charge is 0.392 e. The van der Waals surface area contributed by atoms with Crippen molar-refractivity contribution in [3.8, 4) is 0 Å². The third-order valence-electron chi connectivity index (χ3n) is 4.50. The van der Waals surface area contributed by atoms with Crippen LogP contribution in [0.5, 0.6) is 0 Å². The SMILES string of the molecule is CCC(C(N)=S)N1CCN(C(=O)CC2CCCCO2)CC1. The summed E-state index contributed by atoms with van der Waals surface area (Å²) >= 11 is 5.13. The predicted octanol–water partition coefficient (Wildman–Crippen LogP) is 1.15. The maximum atomic E-state index is 12.3. The van der Waals surface area contributed by atoms with E-state index < -0.39 is 0 Å². The minimum absolute atomic E-state index is 0.129. The smallest absolute Gasteiger partial charge is 0.225 e. The number of hydrogen-bond donors (Lipinski definition) is 1. The topological polar surface area (TPSA) is 58.8 Å². The molecule has 0 bridgehead atoms. The summed E-state index contributed by atoms with van der Waals surface area (Å²) in [5, 5.41) is 0. The maximum absolute atomic E-state index is 12.3. The first kappa shape index (κ1) is 16.6. The van der Waals surface area contributed by atoms with Gasteiger partial charge in [0.25, 0.3) is 0 Å². The van der Waals surface area contributed by atoms with Crippen molar-refractivity contribution in [2.24, 2.45) is 5.73 Å². The first-order valence-corrected chi connectivity index (χ1v) is 8.45. The van der Waals surface area contributed by atoms with E-state index in [-0.39, 0.29) is 18.1 Å². The average molecular weight is 313 g/mol. The summed E-state index contributed by atoms with van der Waals surface area (Å²) in [6.45, 7) is 6.15. The Morgan fingerprint density at radius 2 is 2.05 bits per heavy atom. The van der Waals surface area contributed by atoms with Gasteiger partial charge in [-0.1, -0.05) is 19.1 Å². The number of hydrogen-bond acceptors (Lipinski definition) is 4. The Kier molecular flexibility index (Phi) is 6.39. The minimum atomic E-state index is 0.129.